The van der Waals surface area contributed by atoms with E-state index < -0.39 is 0 Å². The van der Waals surface area contributed by atoms with Gasteiger partial charge in [-0.05, 0) is 23.8 Å². The molecule has 0 saturated carbocycles. The number of rotatable bonds is 3. The monoisotopic (exact) mass is 399 g/mol. The van der Waals surface area contributed by atoms with Gasteiger partial charge in [-0.3, -0.25) is 4.90 Å². The molecule has 0 N–H and O–H groups in total. The molecule has 30 heavy (non-hydrogen) atoms. The Bertz CT molecular complexity index is 1050. The largest absolute Gasteiger partial charge is 0.466 e. The van der Waals surface area contributed by atoms with Gasteiger partial charge in [-0.1, -0.05) is 48.5 Å². The van der Waals surface area contributed by atoms with E-state index in [0.29, 0.717) is 0 Å². The summed E-state index contributed by atoms with van der Waals surface area (Å²) in [4.78, 5) is 2.52. The Labute approximate surface area is 176 Å². The molecule has 0 unspecified atom stereocenters. The number of fused-ring (bicyclic) bond motifs is 4. The summed E-state index contributed by atoms with van der Waals surface area (Å²) in [5.41, 5.74) is 3.21. The molecule has 1 aromatic heterocycles. The van der Waals surface area contributed by atoms with Crippen LogP contribution in [0.4, 0.5) is 0 Å². The number of likely N-dealkylation sites (tertiary alicyclic amines) is 1. The second kappa shape index (κ2) is 7.03. The molecule has 0 aliphatic carbocycles. The number of furan rings is 1. The Morgan fingerprint density at radius 2 is 1.73 bits per heavy atom. The van der Waals surface area contributed by atoms with Crippen LogP contribution in [0.3, 0.4) is 0 Å². The highest BCUT2D eigenvalue weighted by molar-refractivity contribution is 5.99. The SMILES string of the molecule is c1ccc(CN2CCC3(CC2)Oc2ccccc2[C@H]2CC(c4ccco4)=NN23)cc1. The summed E-state index contributed by atoms with van der Waals surface area (Å²) >= 11 is 0. The van der Waals surface area contributed by atoms with Crippen LogP contribution >= 0.6 is 0 Å². The number of ether oxygens (including phenoxy) is 1. The fraction of sp³-hybridized carbons (Fsp3) is 0.320. The summed E-state index contributed by atoms with van der Waals surface area (Å²) in [5.74, 6) is 1.87. The zero-order valence-electron chi connectivity index (χ0n) is 16.9. The van der Waals surface area contributed by atoms with E-state index in [2.05, 4.69) is 64.5 Å². The highest BCUT2D eigenvalue weighted by Gasteiger charge is 2.51. The van der Waals surface area contributed by atoms with Crippen LogP contribution in [-0.2, 0) is 6.54 Å². The van der Waals surface area contributed by atoms with E-state index in [1.807, 2.05) is 12.1 Å². The van der Waals surface area contributed by atoms with E-state index in [1.165, 1.54) is 11.1 Å². The molecule has 4 heterocycles. The first-order valence-corrected chi connectivity index (χ1v) is 10.8. The van der Waals surface area contributed by atoms with Crippen molar-refractivity contribution in [3.63, 3.8) is 0 Å². The van der Waals surface area contributed by atoms with Crippen molar-refractivity contribution in [2.24, 2.45) is 5.10 Å². The molecule has 2 aromatic carbocycles. The molecule has 1 atom stereocenters. The van der Waals surface area contributed by atoms with Gasteiger partial charge in [0.2, 0.25) is 5.72 Å². The van der Waals surface area contributed by atoms with Gasteiger partial charge in [0.1, 0.15) is 17.2 Å². The van der Waals surface area contributed by atoms with Crippen molar-refractivity contribution >= 4 is 5.71 Å². The Balaban J connectivity index is 1.29. The minimum atomic E-state index is -0.388. The van der Waals surface area contributed by atoms with Crippen LogP contribution in [0.15, 0.2) is 82.5 Å². The molecule has 3 aromatic rings. The van der Waals surface area contributed by atoms with E-state index in [4.69, 9.17) is 14.3 Å². The summed E-state index contributed by atoms with van der Waals surface area (Å²) < 4.78 is 12.4. The normalized spacial score (nSPS) is 22.3. The molecule has 5 nitrogen and oxygen atoms in total. The number of hydrogen-bond acceptors (Lipinski definition) is 5. The Hall–Kier alpha value is -3.05. The first-order valence-electron chi connectivity index (χ1n) is 10.8. The van der Waals surface area contributed by atoms with Crippen molar-refractivity contribution in [2.75, 3.05) is 13.1 Å². The summed E-state index contributed by atoms with van der Waals surface area (Å²) in [6.07, 6.45) is 4.43. The number of hydrogen-bond donors (Lipinski definition) is 0. The van der Waals surface area contributed by atoms with E-state index in [9.17, 15) is 0 Å². The molecule has 5 heteroatoms. The van der Waals surface area contributed by atoms with Gasteiger partial charge in [0.25, 0.3) is 0 Å². The minimum absolute atomic E-state index is 0.204. The van der Waals surface area contributed by atoms with Crippen molar-refractivity contribution in [2.45, 2.75) is 37.6 Å². The van der Waals surface area contributed by atoms with Crippen LogP contribution in [-0.4, -0.2) is 34.4 Å². The van der Waals surface area contributed by atoms with Gasteiger partial charge in [-0.15, -0.1) is 0 Å². The fourth-order valence-electron chi connectivity index (χ4n) is 5.05. The maximum absolute atomic E-state index is 6.70. The summed E-state index contributed by atoms with van der Waals surface area (Å²) in [6, 6.07) is 23.3. The lowest BCUT2D eigenvalue weighted by Gasteiger charge is -2.51. The summed E-state index contributed by atoms with van der Waals surface area (Å²) in [5, 5.41) is 7.29. The van der Waals surface area contributed by atoms with Crippen LogP contribution in [0, 0.1) is 0 Å². The van der Waals surface area contributed by atoms with Gasteiger partial charge >= 0.3 is 0 Å². The Morgan fingerprint density at radius 3 is 2.53 bits per heavy atom. The van der Waals surface area contributed by atoms with Crippen molar-refractivity contribution in [3.05, 3.63) is 89.9 Å². The van der Waals surface area contributed by atoms with Gasteiger partial charge in [-0.2, -0.15) is 5.10 Å². The van der Waals surface area contributed by atoms with E-state index in [1.54, 1.807) is 6.26 Å². The summed E-state index contributed by atoms with van der Waals surface area (Å²) in [6.45, 7) is 2.97. The second-order valence-corrected chi connectivity index (χ2v) is 8.44. The van der Waals surface area contributed by atoms with Crippen molar-refractivity contribution in [1.82, 2.24) is 9.91 Å². The topological polar surface area (TPSA) is 41.2 Å². The number of piperidine rings is 1. The lowest BCUT2D eigenvalue weighted by molar-refractivity contribution is -0.150. The maximum Gasteiger partial charge on any atom is 0.200 e. The molecule has 1 fully saturated rings. The Kier molecular flexibility index (Phi) is 4.16. The predicted molar refractivity (Wildman–Crippen MR) is 115 cm³/mol. The van der Waals surface area contributed by atoms with Gasteiger partial charge in [0, 0.05) is 44.5 Å². The lowest BCUT2D eigenvalue weighted by Crippen LogP contribution is -2.59. The van der Waals surface area contributed by atoms with Gasteiger partial charge in [0.05, 0.1) is 12.3 Å². The first kappa shape index (κ1) is 17.8. The molecule has 1 saturated heterocycles. The van der Waals surface area contributed by atoms with E-state index >= 15 is 0 Å². The maximum atomic E-state index is 6.70. The van der Waals surface area contributed by atoms with Crippen molar-refractivity contribution < 1.29 is 9.15 Å². The van der Waals surface area contributed by atoms with Crippen LogP contribution in [0.5, 0.6) is 5.75 Å². The number of hydrazone groups is 1. The average Bonchev–Trinajstić information content (AvgIpc) is 3.47. The third-order valence-corrected chi connectivity index (χ3v) is 6.60. The van der Waals surface area contributed by atoms with E-state index in [0.717, 1.165) is 56.1 Å². The molecule has 6 rings (SSSR count). The first-order chi connectivity index (χ1) is 14.8. The third-order valence-electron chi connectivity index (χ3n) is 6.60. The molecule has 3 aliphatic rings. The number of benzene rings is 2. The van der Waals surface area contributed by atoms with E-state index in [-0.39, 0.29) is 11.8 Å². The molecule has 0 radical (unpaired) electrons. The average molecular weight is 399 g/mol. The number of nitrogens with zero attached hydrogens (tertiary/aromatic N) is 3. The molecule has 0 bridgehead atoms. The highest BCUT2D eigenvalue weighted by atomic mass is 16.5. The third kappa shape index (κ3) is 2.92. The van der Waals surface area contributed by atoms with Gasteiger partial charge < -0.3 is 9.15 Å². The zero-order valence-corrected chi connectivity index (χ0v) is 16.9. The smallest absolute Gasteiger partial charge is 0.200 e. The van der Waals surface area contributed by atoms with Gasteiger partial charge in [-0.25, -0.2) is 5.01 Å². The molecular formula is C25H25N3O2. The molecular weight excluding hydrogens is 374 g/mol. The number of para-hydroxylation sites is 1. The zero-order chi connectivity index (χ0) is 20.0. The lowest BCUT2D eigenvalue weighted by atomic mass is 9.91. The molecule has 0 amide bonds. The molecule has 3 aliphatic heterocycles. The standard InChI is InChI=1S/C25H25N3O2/c1-2-7-19(8-3-1)18-27-14-12-25(13-15-27)28-22(20-9-4-5-10-23(20)30-25)17-21(26-28)24-11-6-16-29-24/h1-11,16,22H,12-15,17-18H2/t22-/m1/s1. The fourth-order valence-corrected chi connectivity index (χ4v) is 5.05. The summed E-state index contributed by atoms with van der Waals surface area (Å²) in [7, 11) is 0. The van der Waals surface area contributed by atoms with Crippen LogP contribution < -0.4 is 4.74 Å². The highest BCUT2D eigenvalue weighted by Crippen LogP contribution is 2.49. The van der Waals surface area contributed by atoms with Crippen molar-refractivity contribution in [3.8, 4) is 5.75 Å². The molecule has 1 spiro atoms. The van der Waals surface area contributed by atoms with Crippen LogP contribution in [0.25, 0.3) is 0 Å². The molecule has 152 valence electrons. The second-order valence-electron chi connectivity index (χ2n) is 8.44. The van der Waals surface area contributed by atoms with Crippen molar-refractivity contribution in [1.29, 1.82) is 0 Å². The van der Waals surface area contributed by atoms with Crippen LogP contribution in [0.2, 0.25) is 0 Å². The minimum Gasteiger partial charge on any atom is -0.466 e. The Morgan fingerprint density at radius 1 is 0.933 bits per heavy atom. The predicted octanol–water partition coefficient (Wildman–Crippen LogP) is 4.82. The quantitative estimate of drug-likeness (QED) is 0.633. The van der Waals surface area contributed by atoms with Gasteiger partial charge in [0.15, 0.2) is 0 Å². The van der Waals surface area contributed by atoms with Crippen LogP contribution in [0.1, 0.15) is 42.2 Å².